The van der Waals surface area contributed by atoms with Crippen molar-refractivity contribution in [1.29, 1.82) is 0 Å². The Balaban J connectivity index is 1.86. The Labute approximate surface area is 116 Å². The minimum absolute atomic E-state index is 0.464. The lowest BCUT2D eigenvalue weighted by Crippen LogP contribution is -2.50. The van der Waals surface area contributed by atoms with Crippen molar-refractivity contribution >= 4 is 11.6 Å². The first-order chi connectivity index (χ1) is 9.56. The molecule has 2 fully saturated rings. The largest absolute Gasteiger partial charge is 0.369 e. The second-order valence-corrected chi connectivity index (χ2v) is 5.43. The van der Waals surface area contributed by atoms with Crippen molar-refractivity contribution in [2.45, 2.75) is 18.9 Å². The van der Waals surface area contributed by atoms with Crippen LogP contribution in [0.5, 0.6) is 0 Å². The number of fused-ring (bicyclic) bond motifs is 1. The fourth-order valence-electron chi connectivity index (χ4n) is 3.20. The van der Waals surface area contributed by atoms with Crippen LogP contribution < -0.4 is 10.6 Å². The van der Waals surface area contributed by atoms with Gasteiger partial charge in [-0.2, -0.15) is 0 Å². The van der Waals surface area contributed by atoms with Gasteiger partial charge in [-0.3, -0.25) is 9.69 Å². The van der Waals surface area contributed by atoms with E-state index in [0.29, 0.717) is 11.7 Å². The maximum Gasteiger partial charge on any atom is 0.254 e. The van der Waals surface area contributed by atoms with Gasteiger partial charge in [0.25, 0.3) is 5.91 Å². The number of amides is 1. The van der Waals surface area contributed by atoms with E-state index >= 15 is 0 Å². The zero-order valence-corrected chi connectivity index (χ0v) is 11.1. The molecule has 0 aromatic heterocycles. The quantitative estimate of drug-likeness (QED) is 0.890. The first-order valence-corrected chi connectivity index (χ1v) is 6.84. The summed E-state index contributed by atoms with van der Waals surface area (Å²) in [4.78, 5) is 15.4. The normalized spacial score (nSPS) is 22.9. The Hall–Kier alpha value is -1.69. The average Bonchev–Trinajstić information content (AvgIpc) is 2.84. The molecule has 2 heterocycles. The Kier molecular flexibility index (Phi) is 3.33. The van der Waals surface area contributed by atoms with E-state index in [1.54, 1.807) is 0 Å². The third kappa shape index (κ3) is 2.24. The van der Waals surface area contributed by atoms with Gasteiger partial charge in [0.2, 0.25) is 0 Å². The summed E-state index contributed by atoms with van der Waals surface area (Å²) in [5, 5.41) is 0. The van der Waals surface area contributed by atoms with Gasteiger partial charge in [0.05, 0.1) is 0 Å². The number of hydrogen-bond donors (Lipinski definition) is 1. The van der Waals surface area contributed by atoms with Gasteiger partial charge in [-0.1, -0.05) is 0 Å². The van der Waals surface area contributed by atoms with Crippen molar-refractivity contribution in [3.05, 3.63) is 29.3 Å². The summed E-state index contributed by atoms with van der Waals surface area (Å²) in [6.45, 7) is 3.54. The number of carbonyl (C=O) groups is 1. The fraction of sp³-hybridized carbons (Fsp3) is 0.500. The summed E-state index contributed by atoms with van der Waals surface area (Å²) >= 11 is 0. The molecule has 0 aliphatic carbocycles. The van der Waals surface area contributed by atoms with E-state index in [4.69, 9.17) is 5.73 Å². The first-order valence-electron chi connectivity index (χ1n) is 6.84. The van der Waals surface area contributed by atoms with Crippen LogP contribution in [0.15, 0.2) is 12.1 Å². The molecule has 1 aromatic rings. The van der Waals surface area contributed by atoms with Crippen molar-refractivity contribution in [2.24, 2.45) is 5.73 Å². The van der Waals surface area contributed by atoms with Gasteiger partial charge in [0.15, 0.2) is 0 Å². The molecule has 6 heteroatoms. The maximum absolute atomic E-state index is 13.8. The minimum atomic E-state index is -1.08. The molecule has 2 saturated heterocycles. The zero-order valence-electron chi connectivity index (χ0n) is 11.1. The number of anilines is 1. The molecule has 1 atom stereocenters. The number of carbonyl (C=O) groups excluding carboxylic acids is 1. The van der Waals surface area contributed by atoms with Crippen LogP contribution in [0.1, 0.15) is 23.2 Å². The summed E-state index contributed by atoms with van der Waals surface area (Å²) in [5.74, 6) is -2.85. The van der Waals surface area contributed by atoms with Gasteiger partial charge < -0.3 is 10.6 Å². The molecule has 1 unspecified atom stereocenters. The van der Waals surface area contributed by atoms with Gasteiger partial charge in [-0.05, 0) is 31.5 Å². The number of nitrogens with two attached hydrogens (primary N) is 1. The Bertz CT molecular complexity index is 526. The number of benzene rings is 1. The molecule has 4 nitrogen and oxygen atoms in total. The van der Waals surface area contributed by atoms with Gasteiger partial charge in [-0.15, -0.1) is 0 Å². The van der Waals surface area contributed by atoms with Gasteiger partial charge in [-0.25, -0.2) is 8.78 Å². The summed E-state index contributed by atoms with van der Waals surface area (Å²) in [6.07, 6.45) is 2.31. The predicted octanol–water partition coefficient (Wildman–Crippen LogP) is 1.35. The average molecular weight is 281 g/mol. The van der Waals surface area contributed by atoms with Crippen LogP contribution in [0.2, 0.25) is 0 Å². The highest BCUT2D eigenvalue weighted by atomic mass is 19.1. The summed E-state index contributed by atoms with van der Waals surface area (Å²) in [6, 6.07) is 2.87. The highest BCUT2D eigenvalue weighted by Crippen LogP contribution is 2.27. The molecular formula is C14H17F2N3O. The summed E-state index contributed by atoms with van der Waals surface area (Å²) < 4.78 is 27.6. The number of piperazine rings is 1. The molecule has 0 bridgehead atoms. The molecule has 20 heavy (non-hydrogen) atoms. The van der Waals surface area contributed by atoms with E-state index in [9.17, 15) is 13.6 Å². The Morgan fingerprint density at radius 3 is 2.55 bits per heavy atom. The van der Waals surface area contributed by atoms with E-state index < -0.39 is 23.1 Å². The lowest BCUT2D eigenvalue weighted by molar-refractivity contribution is 0.0992. The summed E-state index contributed by atoms with van der Waals surface area (Å²) in [5.41, 5.74) is 4.80. The van der Waals surface area contributed by atoms with E-state index in [2.05, 4.69) is 4.90 Å². The standard InChI is InChI=1S/C14H17F2N3O/c15-11-6-10(7-12(16)13(11)14(17)20)19-5-4-18-3-1-2-9(18)8-19/h6-7,9H,1-5,8H2,(H2,17,20). The molecule has 0 spiro atoms. The van der Waals surface area contributed by atoms with Crippen LogP contribution in [0.3, 0.4) is 0 Å². The van der Waals surface area contributed by atoms with Crippen LogP contribution in [0.4, 0.5) is 14.5 Å². The molecule has 3 rings (SSSR count). The summed E-state index contributed by atoms with van der Waals surface area (Å²) in [7, 11) is 0. The number of halogens is 2. The number of primary amides is 1. The lowest BCUT2D eigenvalue weighted by atomic mass is 10.1. The van der Waals surface area contributed by atoms with Crippen LogP contribution in [0.25, 0.3) is 0 Å². The molecule has 1 aromatic carbocycles. The maximum atomic E-state index is 13.8. The van der Waals surface area contributed by atoms with E-state index in [1.165, 1.54) is 18.6 Å². The highest BCUT2D eigenvalue weighted by molar-refractivity contribution is 5.93. The molecule has 2 N–H and O–H groups in total. The fourth-order valence-corrected chi connectivity index (χ4v) is 3.20. The molecule has 0 saturated carbocycles. The van der Waals surface area contributed by atoms with Gasteiger partial charge in [0.1, 0.15) is 17.2 Å². The van der Waals surface area contributed by atoms with Gasteiger partial charge >= 0.3 is 0 Å². The number of hydrogen-bond acceptors (Lipinski definition) is 3. The Morgan fingerprint density at radius 1 is 1.20 bits per heavy atom. The Morgan fingerprint density at radius 2 is 1.90 bits per heavy atom. The SMILES string of the molecule is NC(=O)c1c(F)cc(N2CCN3CCCC3C2)cc1F. The second-order valence-electron chi connectivity index (χ2n) is 5.43. The van der Waals surface area contributed by atoms with Crippen molar-refractivity contribution in [1.82, 2.24) is 4.90 Å². The molecule has 108 valence electrons. The zero-order chi connectivity index (χ0) is 14.3. The van der Waals surface area contributed by atoms with E-state index in [1.807, 2.05) is 4.90 Å². The molecular weight excluding hydrogens is 264 g/mol. The molecule has 2 aliphatic heterocycles. The molecule has 2 aliphatic rings. The monoisotopic (exact) mass is 281 g/mol. The number of rotatable bonds is 2. The molecule has 0 radical (unpaired) electrons. The second kappa shape index (κ2) is 5.01. The third-order valence-corrected chi connectivity index (χ3v) is 4.23. The minimum Gasteiger partial charge on any atom is -0.369 e. The topological polar surface area (TPSA) is 49.6 Å². The van der Waals surface area contributed by atoms with Crippen molar-refractivity contribution in [2.75, 3.05) is 31.1 Å². The van der Waals surface area contributed by atoms with Crippen LogP contribution in [0, 0.1) is 11.6 Å². The smallest absolute Gasteiger partial charge is 0.254 e. The van der Waals surface area contributed by atoms with Crippen LogP contribution in [-0.4, -0.2) is 43.0 Å². The van der Waals surface area contributed by atoms with Crippen LogP contribution in [-0.2, 0) is 0 Å². The first kappa shape index (κ1) is 13.3. The lowest BCUT2D eigenvalue weighted by Gasteiger charge is -2.38. The molecule has 1 amide bonds. The number of nitrogens with zero attached hydrogens (tertiary/aromatic N) is 2. The van der Waals surface area contributed by atoms with Crippen molar-refractivity contribution in [3.63, 3.8) is 0 Å². The highest BCUT2D eigenvalue weighted by Gasteiger charge is 2.31. The van der Waals surface area contributed by atoms with Crippen molar-refractivity contribution in [3.8, 4) is 0 Å². The van der Waals surface area contributed by atoms with Crippen LogP contribution >= 0.6 is 0 Å². The third-order valence-electron chi connectivity index (χ3n) is 4.23. The van der Waals surface area contributed by atoms with E-state index in [0.717, 1.165) is 32.6 Å². The van der Waals surface area contributed by atoms with Crippen molar-refractivity contribution < 1.29 is 13.6 Å². The van der Waals surface area contributed by atoms with E-state index in [-0.39, 0.29) is 0 Å². The predicted molar refractivity (Wildman–Crippen MR) is 71.7 cm³/mol. The van der Waals surface area contributed by atoms with Gasteiger partial charge in [0, 0.05) is 31.4 Å².